The molecule has 2 aliphatic rings. The van der Waals surface area contributed by atoms with Crippen molar-refractivity contribution in [3.05, 3.63) is 59.7 Å². The highest BCUT2D eigenvalue weighted by atomic mass is 16.5. The molecule has 0 radical (unpaired) electrons. The molecular formula is C23H26N2O3. The van der Waals surface area contributed by atoms with Crippen LogP contribution in [0.15, 0.2) is 48.5 Å². The molecule has 0 atom stereocenters. The molecule has 0 spiro atoms. The Hall–Kier alpha value is -2.82. The third kappa shape index (κ3) is 4.71. The summed E-state index contributed by atoms with van der Waals surface area (Å²) in [6, 6.07) is 15.9. The molecular weight excluding hydrogens is 352 g/mol. The smallest absolute Gasteiger partial charge is 0.227 e. The summed E-state index contributed by atoms with van der Waals surface area (Å²) in [5.74, 6) is 1.20. The summed E-state index contributed by atoms with van der Waals surface area (Å²) < 4.78 is 5.82. The van der Waals surface area contributed by atoms with Crippen molar-refractivity contribution in [2.75, 3.05) is 18.5 Å². The van der Waals surface area contributed by atoms with Crippen LogP contribution in [0.1, 0.15) is 36.8 Å². The molecule has 0 unspecified atom stereocenters. The van der Waals surface area contributed by atoms with Gasteiger partial charge in [-0.15, -0.1) is 0 Å². The van der Waals surface area contributed by atoms with Crippen molar-refractivity contribution in [3.63, 3.8) is 0 Å². The molecule has 5 heteroatoms. The van der Waals surface area contributed by atoms with Crippen LogP contribution in [0.2, 0.25) is 0 Å². The molecule has 2 aromatic rings. The molecule has 1 heterocycles. The summed E-state index contributed by atoms with van der Waals surface area (Å²) in [5.41, 5.74) is 2.98. The van der Waals surface area contributed by atoms with Crippen LogP contribution in [0.3, 0.4) is 0 Å². The summed E-state index contributed by atoms with van der Waals surface area (Å²) in [5, 5.41) is 2.97. The lowest BCUT2D eigenvalue weighted by Crippen LogP contribution is -2.32. The largest absolute Gasteiger partial charge is 0.491 e. The number of hydrogen-bond acceptors (Lipinski definition) is 3. The first-order chi connectivity index (χ1) is 13.7. The molecule has 1 saturated carbocycles. The van der Waals surface area contributed by atoms with E-state index >= 15 is 0 Å². The highest BCUT2D eigenvalue weighted by molar-refractivity contribution is 5.94. The zero-order valence-corrected chi connectivity index (χ0v) is 16.0. The summed E-state index contributed by atoms with van der Waals surface area (Å²) in [6.45, 7) is 1.60. The van der Waals surface area contributed by atoms with Crippen LogP contribution in [0.4, 0.5) is 5.69 Å². The van der Waals surface area contributed by atoms with Gasteiger partial charge in [0, 0.05) is 30.1 Å². The minimum Gasteiger partial charge on any atom is -0.491 e. The number of rotatable bonds is 6. The van der Waals surface area contributed by atoms with Gasteiger partial charge in [-0.05, 0) is 49.4 Å². The van der Waals surface area contributed by atoms with E-state index in [4.69, 9.17) is 4.74 Å². The van der Waals surface area contributed by atoms with Crippen molar-refractivity contribution in [3.8, 4) is 5.75 Å². The fraction of sp³-hybridized carbons (Fsp3) is 0.391. The third-order valence-corrected chi connectivity index (χ3v) is 5.31. The van der Waals surface area contributed by atoms with E-state index < -0.39 is 0 Å². The number of aryl methyl sites for hydroxylation is 1. The van der Waals surface area contributed by atoms with Crippen LogP contribution in [0, 0.1) is 5.92 Å². The molecule has 5 nitrogen and oxygen atoms in total. The van der Waals surface area contributed by atoms with Crippen LogP contribution in [0.25, 0.3) is 0 Å². The number of nitrogens with one attached hydrogen (secondary N) is 1. The number of carbonyl (C=O) groups excluding carboxylic acids is 2. The Morgan fingerprint density at radius 2 is 1.93 bits per heavy atom. The lowest BCUT2D eigenvalue weighted by Gasteiger charge is -2.20. The Bertz CT molecular complexity index is 846. The van der Waals surface area contributed by atoms with E-state index in [0.29, 0.717) is 26.1 Å². The SMILES string of the molecule is O=C(Nc1ccc2c(c1)CN(C(=O)CCCc1ccccc1)CCO2)C1CC1. The van der Waals surface area contributed by atoms with Gasteiger partial charge in [-0.25, -0.2) is 0 Å². The van der Waals surface area contributed by atoms with Gasteiger partial charge in [-0.3, -0.25) is 9.59 Å². The van der Waals surface area contributed by atoms with Crippen molar-refractivity contribution in [1.29, 1.82) is 0 Å². The highest BCUT2D eigenvalue weighted by Gasteiger charge is 2.29. The molecule has 1 aliphatic heterocycles. The van der Waals surface area contributed by atoms with Crippen molar-refractivity contribution >= 4 is 17.5 Å². The van der Waals surface area contributed by atoms with E-state index in [1.165, 1.54) is 5.56 Å². The van der Waals surface area contributed by atoms with Gasteiger partial charge in [0.1, 0.15) is 12.4 Å². The second-order valence-electron chi connectivity index (χ2n) is 7.59. The number of nitrogens with zero attached hydrogens (tertiary/aromatic N) is 1. The third-order valence-electron chi connectivity index (χ3n) is 5.31. The number of amides is 2. The van der Waals surface area contributed by atoms with Crippen molar-refractivity contribution < 1.29 is 14.3 Å². The van der Waals surface area contributed by atoms with Crippen LogP contribution in [0.5, 0.6) is 5.75 Å². The van der Waals surface area contributed by atoms with Gasteiger partial charge in [0.2, 0.25) is 11.8 Å². The predicted octanol–water partition coefficient (Wildman–Crippen LogP) is 3.78. The van der Waals surface area contributed by atoms with E-state index in [0.717, 1.165) is 42.7 Å². The fourth-order valence-electron chi connectivity index (χ4n) is 3.52. The van der Waals surface area contributed by atoms with Crippen molar-refractivity contribution in [2.24, 2.45) is 5.92 Å². The maximum absolute atomic E-state index is 12.7. The number of carbonyl (C=O) groups is 2. The molecule has 2 aromatic carbocycles. The quantitative estimate of drug-likeness (QED) is 0.832. The topological polar surface area (TPSA) is 58.6 Å². The lowest BCUT2D eigenvalue weighted by molar-refractivity contribution is -0.132. The second-order valence-corrected chi connectivity index (χ2v) is 7.59. The van der Waals surface area contributed by atoms with E-state index in [1.54, 1.807) is 0 Å². The molecule has 0 saturated heterocycles. The fourth-order valence-corrected chi connectivity index (χ4v) is 3.52. The van der Waals surface area contributed by atoms with Gasteiger partial charge < -0.3 is 15.0 Å². The molecule has 4 rings (SSSR count). The molecule has 146 valence electrons. The van der Waals surface area contributed by atoms with E-state index in [2.05, 4.69) is 17.4 Å². The van der Waals surface area contributed by atoms with Crippen LogP contribution >= 0.6 is 0 Å². The van der Waals surface area contributed by atoms with Crippen LogP contribution < -0.4 is 10.1 Å². The van der Waals surface area contributed by atoms with E-state index in [1.807, 2.05) is 41.3 Å². The number of benzene rings is 2. The average Bonchev–Trinajstić information content (AvgIpc) is 3.55. The summed E-state index contributed by atoms with van der Waals surface area (Å²) in [6.07, 6.45) is 4.23. The minimum absolute atomic E-state index is 0.0864. The molecule has 0 aromatic heterocycles. The van der Waals surface area contributed by atoms with Crippen LogP contribution in [-0.4, -0.2) is 29.9 Å². The first kappa shape index (κ1) is 18.5. The van der Waals surface area contributed by atoms with Gasteiger partial charge in [0.25, 0.3) is 0 Å². The Morgan fingerprint density at radius 3 is 2.71 bits per heavy atom. The Labute approximate surface area is 165 Å². The summed E-state index contributed by atoms with van der Waals surface area (Å²) in [7, 11) is 0. The molecule has 28 heavy (non-hydrogen) atoms. The zero-order valence-electron chi connectivity index (χ0n) is 16.0. The normalized spacial score (nSPS) is 15.9. The number of anilines is 1. The first-order valence-electron chi connectivity index (χ1n) is 10.1. The standard InChI is InChI=1S/C23H26N2O3/c26-22(8-4-7-17-5-2-1-3-6-17)25-13-14-28-21-12-11-20(15-19(21)16-25)24-23(27)18-9-10-18/h1-3,5-6,11-12,15,18H,4,7-10,13-14,16H2,(H,24,27). The molecule has 1 N–H and O–H groups in total. The molecule has 2 amide bonds. The van der Waals surface area contributed by atoms with Gasteiger partial charge in [-0.2, -0.15) is 0 Å². The zero-order chi connectivity index (χ0) is 19.3. The minimum atomic E-state index is 0.0864. The second kappa shape index (κ2) is 8.46. The number of hydrogen-bond donors (Lipinski definition) is 1. The Balaban J connectivity index is 1.35. The molecule has 1 aliphatic carbocycles. The predicted molar refractivity (Wildman–Crippen MR) is 108 cm³/mol. The maximum Gasteiger partial charge on any atom is 0.227 e. The lowest BCUT2D eigenvalue weighted by atomic mass is 10.1. The van der Waals surface area contributed by atoms with Gasteiger partial charge in [0.15, 0.2) is 0 Å². The molecule has 0 bridgehead atoms. The average molecular weight is 378 g/mol. The summed E-state index contributed by atoms with van der Waals surface area (Å²) in [4.78, 5) is 26.6. The Morgan fingerprint density at radius 1 is 1.11 bits per heavy atom. The maximum atomic E-state index is 12.7. The van der Waals surface area contributed by atoms with Crippen molar-refractivity contribution in [2.45, 2.75) is 38.6 Å². The number of fused-ring (bicyclic) bond motifs is 1. The van der Waals surface area contributed by atoms with Gasteiger partial charge in [-0.1, -0.05) is 30.3 Å². The number of ether oxygens (including phenoxy) is 1. The molecule has 1 fully saturated rings. The Kier molecular flexibility index (Phi) is 5.60. The highest BCUT2D eigenvalue weighted by Crippen LogP contribution is 2.31. The monoisotopic (exact) mass is 378 g/mol. The van der Waals surface area contributed by atoms with E-state index in [-0.39, 0.29) is 17.7 Å². The van der Waals surface area contributed by atoms with Gasteiger partial charge in [0.05, 0.1) is 6.54 Å². The summed E-state index contributed by atoms with van der Waals surface area (Å²) >= 11 is 0. The van der Waals surface area contributed by atoms with Crippen molar-refractivity contribution in [1.82, 2.24) is 4.90 Å². The van der Waals surface area contributed by atoms with E-state index in [9.17, 15) is 9.59 Å². The first-order valence-corrected chi connectivity index (χ1v) is 10.1. The van der Waals surface area contributed by atoms with Gasteiger partial charge >= 0.3 is 0 Å². The van der Waals surface area contributed by atoms with Crippen LogP contribution in [-0.2, 0) is 22.6 Å².